The molecule has 0 aromatic heterocycles. The first kappa shape index (κ1) is 24.0. The molecule has 9 nitrogen and oxygen atoms in total. The van der Waals surface area contributed by atoms with Gasteiger partial charge in [0.25, 0.3) is 5.91 Å². The number of sulfonamides is 1. The van der Waals surface area contributed by atoms with Crippen molar-refractivity contribution in [2.75, 3.05) is 37.7 Å². The molecule has 0 N–H and O–H groups in total. The second-order valence-corrected chi connectivity index (χ2v) is 9.86. The van der Waals surface area contributed by atoms with E-state index >= 15 is 0 Å². The normalized spacial score (nSPS) is 20.1. The first-order chi connectivity index (χ1) is 16.2. The van der Waals surface area contributed by atoms with Crippen LogP contribution < -0.4 is 4.90 Å². The molecule has 34 heavy (non-hydrogen) atoms. The Balaban J connectivity index is 1.42. The van der Waals surface area contributed by atoms with Crippen molar-refractivity contribution in [3.05, 3.63) is 59.9 Å². The lowest BCUT2D eigenvalue weighted by Crippen LogP contribution is -2.53. The zero-order chi connectivity index (χ0) is 24.5. The lowest BCUT2D eigenvalue weighted by molar-refractivity contribution is -0.123. The minimum absolute atomic E-state index is 0.0480. The van der Waals surface area contributed by atoms with Gasteiger partial charge in [-0.15, -0.1) is 0 Å². The highest BCUT2D eigenvalue weighted by Crippen LogP contribution is 2.29. The van der Waals surface area contributed by atoms with Crippen LogP contribution in [-0.4, -0.2) is 74.2 Å². The number of carbonyl (C=O) groups is 3. The van der Waals surface area contributed by atoms with Gasteiger partial charge >= 0.3 is 5.97 Å². The molecular formula is C23H24FN3O6S. The molecule has 0 bridgehead atoms. The molecule has 0 spiro atoms. The van der Waals surface area contributed by atoms with Crippen LogP contribution >= 0.6 is 0 Å². The highest BCUT2D eigenvalue weighted by Gasteiger charge is 2.44. The van der Waals surface area contributed by atoms with E-state index in [9.17, 15) is 27.2 Å². The van der Waals surface area contributed by atoms with E-state index in [2.05, 4.69) is 0 Å². The molecular weight excluding hydrogens is 465 g/mol. The molecule has 2 aromatic rings. The van der Waals surface area contributed by atoms with Gasteiger partial charge in [0, 0.05) is 26.2 Å². The maximum Gasteiger partial charge on any atom is 0.338 e. The topological polar surface area (TPSA) is 104 Å². The van der Waals surface area contributed by atoms with Gasteiger partial charge in [0.2, 0.25) is 15.9 Å². The van der Waals surface area contributed by atoms with Gasteiger partial charge in [-0.3, -0.25) is 14.5 Å². The Morgan fingerprint density at radius 1 is 1.03 bits per heavy atom. The Morgan fingerprint density at radius 2 is 1.68 bits per heavy atom. The Kier molecular flexibility index (Phi) is 6.78. The summed E-state index contributed by atoms with van der Waals surface area (Å²) >= 11 is 0. The van der Waals surface area contributed by atoms with Crippen molar-refractivity contribution in [2.45, 2.75) is 24.3 Å². The van der Waals surface area contributed by atoms with Crippen molar-refractivity contribution in [1.29, 1.82) is 0 Å². The van der Waals surface area contributed by atoms with E-state index in [4.69, 9.17) is 4.74 Å². The number of ether oxygens (including phenoxy) is 1. The molecule has 2 fully saturated rings. The number of halogens is 1. The molecule has 2 saturated heterocycles. The van der Waals surface area contributed by atoms with Crippen molar-refractivity contribution in [3.8, 4) is 0 Å². The second kappa shape index (κ2) is 9.61. The monoisotopic (exact) mass is 489 g/mol. The number of rotatable bonds is 6. The maximum absolute atomic E-state index is 14.1. The van der Waals surface area contributed by atoms with Crippen molar-refractivity contribution >= 4 is 33.5 Å². The van der Waals surface area contributed by atoms with Crippen molar-refractivity contribution in [1.82, 2.24) is 9.21 Å². The third-order valence-electron chi connectivity index (χ3n) is 5.93. The van der Waals surface area contributed by atoms with Gasteiger partial charge in [0.1, 0.15) is 5.82 Å². The number of hydrogen-bond donors (Lipinski definition) is 0. The highest BCUT2D eigenvalue weighted by atomic mass is 32.2. The fourth-order valence-corrected chi connectivity index (χ4v) is 5.59. The van der Waals surface area contributed by atoms with Crippen LogP contribution in [0.5, 0.6) is 0 Å². The number of hydrogen-bond acceptors (Lipinski definition) is 7. The van der Waals surface area contributed by atoms with E-state index < -0.39 is 39.7 Å². The number of nitrogens with zero attached hydrogens (tertiary/aromatic N) is 3. The Morgan fingerprint density at radius 3 is 2.29 bits per heavy atom. The summed E-state index contributed by atoms with van der Waals surface area (Å²) in [5, 5.41) is 0. The molecule has 11 heteroatoms. The maximum atomic E-state index is 14.1. The fraction of sp³-hybridized carbons (Fsp3) is 0.348. The quantitative estimate of drug-likeness (QED) is 0.449. The molecule has 2 heterocycles. The number of piperazine rings is 1. The Bertz CT molecular complexity index is 1210. The largest absolute Gasteiger partial charge is 0.462 e. The van der Waals surface area contributed by atoms with Crippen LogP contribution in [0.15, 0.2) is 53.4 Å². The van der Waals surface area contributed by atoms with E-state index in [0.717, 1.165) is 4.90 Å². The molecule has 2 aliphatic heterocycles. The Hall–Kier alpha value is -3.15. The zero-order valence-corrected chi connectivity index (χ0v) is 19.3. The highest BCUT2D eigenvalue weighted by molar-refractivity contribution is 7.89. The molecule has 0 radical (unpaired) electrons. The first-order valence-corrected chi connectivity index (χ1v) is 12.3. The summed E-state index contributed by atoms with van der Waals surface area (Å²) in [4.78, 5) is 39.9. The summed E-state index contributed by atoms with van der Waals surface area (Å²) in [5.74, 6) is -2.19. The summed E-state index contributed by atoms with van der Waals surface area (Å²) in [6.45, 7) is 2.64. The average Bonchev–Trinajstić information content (AvgIpc) is 3.13. The zero-order valence-electron chi connectivity index (χ0n) is 18.5. The number of para-hydroxylation sites is 1. The first-order valence-electron chi connectivity index (χ1n) is 10.9. The van der Waals surface area contributed by atoms with Crippen LogP contribution in [0.4, 0.5) is 10.1 Å². The van der Waals surface area contributed by atoms with E-state index in [1.54, 1.807) is 17.9 Å². The SMILES string of the molecule is CCOC(=O)c1ccc(S(=O)(=O)N2CCN([C@@H]3CC(=O)N(c4ccccc4F)C3=O)CC2)cc1. The number of benzene rings is 2. The van der Waals surface area contributed by atoms with Crippen molar-refractivity contribution < 1.29 is 31.9 Å². The van der Waals surface area contributed by atoms with Crippen LogP contribution in [0.1, 0.15) is 23.7 Å². The lowest BCUT2D eigenvalue weighted by atomic mass is 10.2. The molecule has 2 aliphatic rings. The van der Waals surface area contributed by atoms with Gasteiger partial charge in [-0.1, -0.05) is 12.1 Å². The summed E-state index contributed by atoms with van der Waals surface area (Å²) in [6, 6.07) is 10.4. The number of amides is 2. The Labute approximate surface area is 196 Å². The van der Waals surface area contributed by atoms with Crippen LogP contribution in [0.25, 0.3) is 0 Å². The van der Waals surface area contributed by atoms with Gasteiger partial charge in [-0.25, -0.2) is 22.5 Å². The molecule has 1 atom stereocenters. The predicted molar refractivity (Wildman–Crippen MR) is 120 cm³/mol. The molecule has 2 aromatic carbocycles. The molecule has 4 rings (SSSR count). The lowest BCUT2D eigenvalue weighted by Gasteiger charge is -2.36. The summed E-state index contributed by atoms with van der Waals surface area (Å²) in [5.41, 5.74) is 0.182. The average molecular weight is 490 g/mol. The van der Waals surface area contributed by atoms with Gasteiger partial charge in [-0.05, 0) is 43.3 Å². The van der Waals surface area contributed by atoms with Gasteiger partial charge in [0.05, 0.1) is 35.2 Å². The number of imide groups is 1. The van der Waals surface area contributed by atoms with Gasteiger partial charge < -0.3 is 4.74 Å². The molecule has 0 unspecified atom stereocenters. The van der Waals surface area contributed by atoms with E-state index in [0.29, 0.717) is 0 Å². The number of esters is 1. The smallest absolute Gasteiger partial charge is 0.338 e. The fourth-order valence-electron chi connectivity index (χ4n) is 4.17. The minimum Gasteiger partial charge on any atom is -0.462 e. The van der Waals surface area contributed by atoms with Crippen molar-refractivity contribution in [3.63, 3.8) is 0 Å². The van der Waals surface area contributed by atoms with E-state index in [1.165, 1.54) is 46.8 Å². The second-order valence-electron chi connectivity index (χ2n) is 7.92. The summed E-state index contributed by atoms with van der Waals surface area (Å²) < 4.78 is 46.4. The van der Waals surface area contributed by atoms with Crippen molar-refractivity contribution in [2.24, 2.45) is 0 Å². The van der Waals surface area contributed by atoms with Crippen LogP contribution in [-0.2, 0) is 24.3 Å². The third-order valence-corrected chi connectivity index (χ3v) is 7.85. The molecule has 2 amide bonds. The van der Waals surface area contributed by atoms with E-state index in [-0.39, 0.29) is 55.4 Å². The minimum atomic E-state index is -3.80. The molecule has 0 saturated carbocycles. The summed E-state index contributed by atoms with van der Waals surface area (Å²) in [7, 11) is -3.80. The third kappa shape index (κ3) is 4.46. The van der Waals surface area contributed by atoms with Crippen LogP contribution in [0, 0.1) is 5.82 Å². The number of anilines is 1. The van der Waals surface area contributed by atoms with Crippen LogP contribution in [0.3, 0.4) is 0 Å². The van der Waals surface area contributed by atoms with Gasteiger partial charge in [-0.2, -0.15) is 4.31 Å². The molecule has 180 valence electrons. The standard InChI is InChI=1S/C23H24FN3O6S/c1-2-33-23(30)16-7-9-17(10-8-16)34(31,32)26-13-11-25(12-14-26)20-15-21(28)27(22(20)29)19-6-4-3-5-18(19)24/h3-10,20H,2,11-15H2,1H3/t20-/m1/s1. The number of carbonyl (C=O) groups excluding carboxylic acids is 3. The summed E-state index contributed by atoms with van der Waals surface area (Å²) in [6.07, 6.45) is -0.0881. The predicted octanol–water partition coefficient (Wildman–Crippen LogP) is 1.64. The van der Waals surface area contributed by atoms with Gasteiger partial charge in [0.15, 0.2) is 0 Å². The van der Waals surface area contributed by atoms with E-state index in [1.807, 2.05) is 0 Å². The van der Waals surface area contributed by atoms with Crippen LogP contribution in [0.2, 0.25) is 0 Å². The molecule has 0 aliphatic carbocycles.